The molecule has 84 valence electrons. The van der Waals surface area contributed by atoms with Gasteiger partial charge in [0.2, 0.25) is 0 Å². The van der Waals surface area contributed by atoms with Crippen LogP contribution in [0.3, 0.4) is 0 Å². The third kappa shape index (κ3) is 3.12. The summed E-state index contributed by atoms with van der Waals surface area (Å²) in [5.41, 5.74) is 4.17. The third-order valence-corrected chi connectivity index (χ3v) is 2.60. The highest BCUT2D eigenvalue weighted by Crippen LogP contribution is 2.35. The van der Waals surface area contributed by atoms with Gasteiger partial charge in [0.25, 0.3) is 0 Å². The Morgan fingerprint density at radius 1 is 1.71 bits per heavy atom. The monoisotopic (exact) mass is 223 g/mol. The van der Waals surface area contributed by atoms with E-state index in [0.717, 1.165) is 12.8 Å². The van der Waals surface area contributed by atoms with E-state index in [9.17, 15) is 9.90 Å². The lowest BCUT2D eigenvalue weighted by molar-refractivity contribution is -0.162. The number of hydrogen-bond acceptors (Lipinski definition) is 4. The molecule has 5 heteroatoms. The molecule has 1 saturated carbocycles. The molecule has 0 aromatic heterocycles. The molecular weight excluding hydrogens is 206 g/mol. The number of nitrogens with two attached hydrogens (primary N) is 1. The smallest absolute Gasteiger partial charge is 0.339 e. The van der Waals surface area contributed by atoms with E-state index in [4.69, 9.17) is 5.73 Å². The van der Waals surface area contributed by atoms with E-state index in [-0.39, 0.29) is 12.4 Å². The first-order chi connectivity index (χ1) is 5.98. The van der Waals surface area contributed by atoms with Crippen molar-refractivity contribution < 1.29 is 14.6 Å². The topological polar surface area (TPSA) is 72.5 Å². The number of ether oxygens (including phenoxy) is 1. The van der Waals surface area contributed by atoms with Gasteiger partial charge in [-0.2, -0.15) is 0 Å². The van der Waals surface area contributed by atoms with Crippen LogP contribution in [0, 0.1) is 5.92 Å². The summed E-state index contributed by atoms with van der Waals surface area (Å²) in [4.78, 5) is 11.1. The van der Waals surface area contributed by atoms with Gasteiger partial charge in [0.15, 0.2) is 5.60 Å². The fourth-order valence-corrected chi connectivity index (χ4v) is 1.30. The summed E-state index contributed by atoms with van der Waals surface area (Å²) in [5.74, 6) is -0.0632. The highest BCUT2D eigenvalue weighted by molar-refractivity contribution is 5.85. The minimum Gasteiger partial charge on any atom is -0.467 e. The van der Waals surface area contributed by atoms with Crippen molar-refractivity contribution in [1.29, 1.82) is 0 Å². The van der Waals surface area contributed by atoms with Crippen LogP contribution in [0.1, 0.15) is 26.2 Å². The third-order valence-electron chi connectivity index (χ3n) is 2.60. The Morgan fingerprint density at radius 2 is 2.21 bits per heavy atom. The standard InChI is InChI=1S/C9H17NO3.ClH/c1-9(12,8(11)13-2)7(10)5-6-3-4-6;/h6-7,12H,3-5,10H2,1-2H3;1H. The van der Waals surface area contributed by atoms with Gasteiger partial charge in [0.05, 0.1) is 7.11 Å². The fraction of sp³-hybridized carbons (Fsp3) is 0.889. The van der Waals surface area contributed by atoms with E-state index >= 15 is 0 Å². The van der Waals surface area contributed by atoms with Crippen LogP contribution < -0.4 is 5.73 Å². The highest BCUT2D eigenvalue weighted by Gasteiger charge is 2.40. The largest absolute Gasteiger partial charge is 0.467 e. The second-order valence-corrected chi connectivity index (χ2v) is 3.92. The molecule has 0 bridgehead atoms. The first kappa shape index (κ1) is 13.7. The van der Waals surface area contributed by atoms with Crippen LogP contribution >= 0.6 is 12.4 Å². The van der Waals surface area contributed by atoms with Crippen LogP contribution in [-0.2, 0) is 9.53 Å². The second kappa shape index (κ2) is 4.96. The van der Waals surface area contributed by atoms with Gasteiger partial charge in [-0.15, -0.1) is 12.4 Å². The Kier molecular flexibility index (Phi) is 4.84. The zero-order valence-corrected chi connectivity index (χ0v) is 9.34. The summed E-state index contributed by atoms with van der Waals surface area (Å²) in [6.45, 7) is 1.41. The second-order valence-electron chi connectivity index (χ2n) is 3.92. The van der Waals surface area contributed by atoms with Gasteiger partial charge in [0, 0.05) is 6.04 Å². The van der Waals surface area contributed by atoms with Gasteiger partial charge in [-0.25, -0.2) is 4.79 Å². The Hall–Kier alpha value is -0.320. The van der Waals surface area contributed by atoms with E-state index in [2.05, 4.69) is 4.74 Å². The van der Waals surface area contributed by atoms with E-state index < -0.39 is 17.6 Å². The minimum absolute atomic E-state index is 0. The molecule has 0 amide bonds. The molecular formula is C9H18ClNO3. The van der Waals surface area contributed by atoms with Crippen molar-refractivity contribution in [2.24, 2.45) is 11.7 Å². The minimum atomic E-state index is -1.54. The van der Waals surface area contributed by atoms with E-state index in [1.165, 1.54) is 14.0 Å². The normalized spacial score (nSPS) is 21.7. The van der Waals surface area contributed by atoms with E-state index in [1.54, 1.807) is 0 Å². The van der Waals surface area contributed by atoms with Gasteiger partial charge in [0.1, 0.15) is 0 Å². The van der Waals surface area contributed by atoms with Crippen LogP contribution in [0.25, 0.3) is 0 Å². The number of carbonyl (C=O) groups is 1. The Balaban J connectivity index is 0.00000169. The van der Waals surface area contributed by atoms with E-state index in [0.29, 0.717) is 12.3 Å². The summed E-state index contributed by atoms with van der Waals surface area (Å²) in [7, 11) is 1.25. The van der Waals surface area contributed by atoms with Crippen molar-refractivity contribution in [1.82, 2.24) is 0 Å². The number of methoxy groups -OCH3 is 1. The van der Waals surface area contributed by atoms with Gasteiger partial charge >= 0.3 is 5.97 Å². The molecule has 4 nitrogen and oxygen atoms in total. The van der Waals surface area contributed by atoms with Gasteiger partial charge in [-0.3, -0.25) is 0 Å². The molecule has 1 rings (SSSR count). The van der Waals surface area contributed by atoms with Gasteiger partial charge < -0.3 is 15.6 Å². The number of halogens is 1. The first-order valence-corrected chi connectivity index (χ1v) is 4.55. The van der Waals surface area contributed by atoms with Crippen LogP contribution in [0.15, 0.2) is 0 Å². The first-order valence-electron chi connectivity index (χ1n) is 4.55. The number of aliphatic hydroxyl groups is 1. The molecule has 0 saturated heterocycles. The molecule has 0 aromatic rings. The predicted molar refractivity (Wildman–Crippen MR) is 55.2 cm³/mol. The number of esters is 1. The lowest BCUT2D eigenvalue weighted by atomic mass is 9.93. The average molecular weight is 224 g/mol. The molecule has 2 unspecified atom stereocenters. The summed E-state index contributed by atoms with van der Waals surface area (Å²) in [6.07, 6.45) is 3.01. The highest BCUT2D eigenvalue weighted by atomic mass is 35.5. The fourth-order valence-electron chi connectivity index (χ4n) is 1.30. The quantitative estimate of drug-likeness (QED) is 0.680. The van der Waals surface area contributed by atoms with Crippen LogP contribution in [0.2, 0.25) is 0 Å². The van der Waals surface area contributed by atoms with Crippen LogP contribution in [-0.4, -0.2) is 29.8 Å². The predicted octanol–water partition coefficient (Wildman–Crippen LogP) is 0.460. The molecule has 3 N–H and O–H groups in total. The molecule has 1 fully saturated rings. The zero-order chi connectivity index (χ0) is 10.1. The SMILES string of the molecule is COC(=O)C(C)(O)C(N)CC1CC1.Cl. The molecule has 14 heavy (non-hydrogen) atoms. The van der Waals surface area contributed by atoms with Crippen molar-refractivity contribution in [3.63, 3.8) is 0 Å². The maximum Gasteiger partial charge on any atom is 0.339 e. The number of rotatable bonds is 4. The lowest BCUT2D eigenvalue weighted by Gasteiger charge is -2.27. The Morgan fingerprint density at radius 3 is 2.57 bits per heavy atom. The zero-order valence-electron chi connectivity index (χ0n) is 8.53. The van der Waals surface area contributed by atoms with Crippen LogP contribution in [0.4, 0.5) is 0 Å². The molecule has 0 radical (unpaired) electrons. The van der Waals surface area contributed by atoms with Crippen molar-refractivity contribution in [2.75, 3.05) is 7.11 Å². The maximum absolute atomic E-state index is 11.1. The average Bonchev–Trinajstić information content (AvgIpc) is 2.86. The van der Waals surface area contributed by atoms with Crippen molar-refractivity contribution in [2.45, 2.75) is 37.8 Å². The summed E-state index contributed by atoms with van der Waals surface area (Å²) >= 11 is 0. The Labute approximate surface area is 90.2 Å². The van der Waals surface area contributed by atoms with Crippen molar-refractivity contribution in [3.8, 4) is 0 Å². The van der Waals surface area contributed by atoms with Crippen molar-refractivity contribution in [3.05, 3.63) is 0 Å². The number of hydrogen-bond donors (Lipinski definition) is 2. The molecule has 0 heterocycles. The van der Waals surface area contributed by atoms with Crippen LogP contribution in [0.5, 0.6) is 0 Å². The molecule has 1 aliphatic rings. The summed E-state index contributed by atoms with van der Waals surface area (Å²) in [6, 6.07) is -0.521. The molecule has 0 aromatic carbocycles. The van der Waals surface area contributed by atoms with Gasteiger partial charge in [-0.1, -0.05) is 12.8 Å². The maximum atomic E-state index is 11.1. The Bertz CT molecular complexity index is 204. The molecule has 2 atom stereocenters. The molecule has 0 spiro atoms. The number of carbonyl (C=O) groups excluding carboxylic acids is 1. The van der Waals surface area contributed by atoms with Crippen molar-refractivity contribution >= 4 is 18.4 Å². The summed E-state index contributed by atoms with van der Waals surface area (Å²) in [5, 5.41) is 9.73. The molecule has 0 aliphatic heterocycles. The summed E-state index contributed by atoms with van der Waals surface area (Å²) < 4.78 is 4.47. The molecule has 1 aliphatic carbocycles. The van der Waals surface area contributed by atoms with Gasteiger partial charge in [-0.05, 0) is 19.3 Å². The van der Waals surface area contributed by atoms with E-state index in [1.807, 2.05) is 0 Å². The lowest BCUT2D eigenvalue weighted by Crippen LogP contribution is -2.52.